The largest absolute Gasteiger partial charge is 0.374 e. The highest BCUT2D eigenvalue weighted by molar-refractivity contribution is 7.99. The molecule has 5 heteroatoms. The SMILES string of the molecule is c1ccc2c(c1)Sc1cccc3c1N2c1cc2ccccc2c2c1B3n1c3c-2cccc3c2sc3ccccc3c21. The average molecular weight is 555 g/mol. The molecule has 2 nitrogen and oxygen atoms in total. The lowest BCUT2D eigenvalue weighted by Crippen LogP contribution is -2.57. The molecule has 0 unspecified atom stereocenters. The van der Waals surface area contributed by atoms with Gasteiger partial charge in [-0.05, 0) is 57.6 Å². The highest BCUT2D eigenvalue weighted by atomic mass is 32.2. The molecule has 0 bridgehead atoms. The summed E-state index contributed by atoms with van der Waals surface area (Å²) in [5.74, 6) is 0. The third kappa shape index (κ3) is 2.42. The molecule has 188 valence electrons. The van der Waals surface area contributed by atoms with Gasteiger partial charge in [0.1, 0.15) is 0 Å². The minimum absolute atomic E-state index is 0.0922. The summed E-state index contributed by atoms with van der Waals surface area (Å²) in [4.78, 5) is 5.20. The molecule has 0 radical (unpaired) electrons. The summed E-state index contributed by atoms with van der Waals surface area (Å²) in [6.07, 6.45) is 0. The monoisotopic (exact) mass is 554 g/mol. The van der Waals surface area contributed by atoms with Gasteiger partial charge in [0.25, 0.3) is 0 Å². The number of hydrogen-bond acceptors (Lipinski definition) is 3. The molecule has 0 saturated heterocycles. The zero-order valence-corrected chi connectivity index (χ0v) is 23.4. The van der Waals surface area contributed by atoms with E-state index in [9.17, 15) is 0 Å². The normalized spacial score (nSPS) is 14.1. The fourth-order valence-electron chi connectivity index (χ4n) is 7.83. The van der Waals surface area contributed by atoms with E-state index in [0.29, 0.717) is 0 Å². The Labute approximate surface area is 244 Å². The van der Waals surface area contributed by atoms with E-state index in [2.05, 4.69) is 125 Å². The van der Waals surface area contributed by atoms with E-state index in [1.807, 2.05) is 23.1 Å². The summed E-state index contributed by atoms with van der Waals surface area (Å²) >= 11 is 3.84. The van der Waals surface area contributed by atoms with Crippen LogP contribution in [-0.2, 0) is 0 Å². The van der Waals surface area contributed by atoms with Crippen LogP contribution in [0.25, 0.3) is 53.1 Å². The third-order valence-electron chi connectivity index (χ3n) is 9.32. The Kier molecular flexibility index (Phi) is 3.77. The first-order valence-electron chi connectivity index (χ1n) is 14.1. The van der Waals surface area contributed by atoms with Crippen LogP contribution in [0.15, 0.2) is 125 Å². The van der Waals surface area contributed by atoms with Gasteiger partial charge in [-0.25, -0.2) is 0 Å². The van der Waals surface area contributed by atoms with Crippen LogP contribution in [0.2, 0.25) is 0 Å². The molecule has 0 fully saturated rings. The van der Waals surface area contributed by atoms with Crippen LogP contribution < -0.4 is 15.8 Å². The maximum absolute atomic E-state index is 2.71. The van der Waals surface area contributed by atoms with Crippen LogP contribution in [0.5, 0.6) is 0 Å². The van der Waals surface area contributed by atoms with E-state index in [1.165, 1.54) is 90.9 Å². The minimum atomic E-state index is 0.0922. The van der Waals surface area contributed by atoms with Gasteiger partial charge < -0.3 is 9.38 Å². The fourth-order valence-corrected chi connectivity index (χ4v) is 10.2. The molecule has 41 heavy (non-hydrogen) atoms. The Hall–Kier alpha value is -4.45. The standard InChI is InChI=1S/C36H19BN2S2/c1-2-10-21-20(9-1)19-27-32-31(21)23-12-7-13-24-33(23)39(34-22-11-3-5-16-28(22)41-36(24)34)37(32)25-14-8-18-30-35(25)38(27)26-15-4-6-17-29(26)40-30/h1-19H. The van der Waals surface area contributed by atoms with Crippen LogP contribution in [0.4, 0.5) is 17.1 Å². The summed E-state index contributed by atoms with van der Waals surface area (Å²) in [7, 11) is 0. The second-order valence-electron chi connectivity index (χ2n) is 11.3. The predicted molar refractivity (Wildman–Crippen MR) is 177 cm³/mol. The van der Waals surface area contributed by atoms with Crippen molar-refractivity contribution < 1.29 is 0 Å². The summed E-state index contributed by atoms with van der Waals surface area (Å²) in [6, 6.07) is 43.2. The summed E-state index contributed by atoms with van der Waals surface area (Å²) in [5.41, 5.74) is 12.2. The molecule has 8 aromatic rings. The second kappa shape index (κ2) is 7.24. The van der Waals surface area contributed by atoms with Gasteiger partial charge in [-0.3, -0.25) is 0 Å². The van der Waals surface area contributed by atoms with Crippen LogP contribution in [-0.4, -0.2) is 11.3 Å². The lowest BCUT2D eigenvalue weighted by molar-refractivity contribution is 1.17. The molecule has 0 aliphatic carbocycles. The highest BCUT2D eigenvalue weighted by Gasteiger charge is 2.45. The number of hydrogen-bond donors (Lipinski definition) is 0. The number of rotatable bonds is 0. The van der Waals surface area contributed by atoms with E-state index in [1.54, 1.807) is 0 Å². The smallest absolute Gasteiger partial charge is 0.333 e. The minimum Gasteiger partial charge on any atom is -0.374 e. The molecule has 0 atom stereocenters. The average Bonchev–Trinajstić information content (AvgIpc) is 3.56. The number of aromatic nitrogens is 1. The molecule has 0 N–H and O–H groups in total. The Morgan fingerprint density at radius 2 is 1.39 bits per heavy atom. The highest BCUT2D eigenvalue weighted by Crippen LogP contribution is 2.55. The van der Waals surface area contributed by atoms with Gasteiger partial charge in [0.2, 0.25) is 0 Å². The molecule has 5 heterocycles. The quantitative estimate of drug-likeness (QED) is 0.173. The summed E-state index contributed by atoms with van der Waals surface area (Å²) in [5, 5.41) is 5.35. The zero-order valence-electron chi connectivity index (χ0n) is 21.8. The van der Waals surface area contributed by atoms with Crippen molar-refractivity contribution in [2.75, 3.05) is 4.90 Å². The van der Waals surface area contributed by atoms with Crippen molar-refractivity contribution in [3.05, 3.63) is 115 Å². The molecule has 3 aliphatic rings. The summed E-state index contributed by atoms with van der Waals surface area (Å²) in [6.45, 7) is 0.0922. The van der Waals surface area contributed by atoms with Crippen molar-refractivity contribution in [2.45, 2.75) is 9.79 Å². The van der Waals surface area contributed by atoms with Gasteiger partial charge in [-0.2, -0.15) is 0 Å². The Bertz CT molecular complexity index is 2490. The topological polar surface area (TPSA) is 8.17 Å². The predicted octanol–water partition coefficient (Wildman–Crippen LogP) is 9.04. The van der Waals surface area contributed by atoms with Crippen molar-refractivity contribution in [3.63, 3.8) is 0 Å². The molecular weight excluding hydrogens is 535 g/mol. The van der Waals surface area contributed by atoms with Gasteiger partial charge >= 0.3 is 6.85 Å². The molecule has 6 aromatic carbocycles. The molecule has 0 spiro atoms. The van der Waals surface area contributed by atoms with E-state index < -0.39 is 0 Å². The van der Waals surface area contributed by atoms with Crippen molar-refractivity contribution in [1.82, 2.24) is 4.48 Å². The maximum atomic E-state index is 2.71. The number of anilines is 3. The summed E-state index contributed by atoms with van der Waals surface area (Å²) < 4.78 is 5.46. The third-order valence-corrected chi connectivity index (χ3v) is 11.6. The van der Waals surface area contributed by atoms with Crippen molar-refractivity contribution in [3.8, 4) is 11.1 Å². The van der Waals surface area contributed by atoms with Crippen molar-refractivity contribution in [2.24, 2.45) is 0 Å². The number of nitrogens with zero attached hydrogens (tertiary/aromatic N) is 2. The van der Waals surface area contributed by atoms with Crippen LogP contribution in [0, 0.1) is 0 Å². The number of fused-ring (bicyclic) bond motifs is 13. The van der Waals surface area contributed by atoms with Crippen molar-refractivity contribution >= 4 is 99.9 Å². The van der Waals surface area contributed by atoms with Crippen LogP contribution >= 0.6 is 23.1 Å². The first kappa shape index (κ1) is 21.3. The van der Waals surface area contributed by atoms with Crippen LogP contribution in [0.3, 0.4) is 0 Å². The van der Waals surface area contributed by atoms with Gasteiger partial charge in [0.05, 0.1) is 21.6 Å². The van der Waals surface area contributed by atoms with E-state index in [4.69, 9.17) is 0 Å². The number of benzene rings is 6. The number of para-hydroxylation sites is 3. The van der Waals surface area contributed by atoms with Gasteiger partial charge in [-0.15, -0.1) is 11.3 Å². The molecule has 11 rings (SSSR count). The molecule has 3 aliphatic heterocycles. The second-order valence-corrected chi connectivity index (χ2v) is 13.4. The first-order valence-corrected chi connectivity index (χ1v) is 15.7. The first-order chi connectivity index (χ1) is 20.4. The fraction of sp³-hybridized carbons (Fsp3) is 0. The Morgan fingerprint density at radius 3 is 2.37 bits per heavy atom. The molecular formula is C36H19BN2S2. The van der Waals surface area contributed by atoms with E-state index >= 15 is 0 Å². The molecule has 2 aromatic heterocycles. The Morgan fingerprint density at radius 1 is 0.610 bits per heavy atom. The Balaban J connectivity index is 1.42. The zero-order chi connectivity index (χ0) is 26.4. The van der Waals surface area contributed by atoms with E-state index in [0.717, 1.165) is 0 Å². The maximum Gasteiger partial charge on any atom is 0.333 e. The van der Waals surface area contributed by atoms with E-state index in [-0.39, 0.29) is 6.85 Å². The molecule has 0 amide bonds. The van der Waals surface area contributed by atoms with Gasteiger partial charge in [-0.1, -0.05) is 96.7 Å². The lowest BCUT2D eigenvalue weighted by Gasteiger charge is -2.43. The van der Waals surface area contributed by atoms with Gasteiger partial charge in [0, 0.05) is 42.0 Å². The van der Waals surface area contributed by atoms with Crippen LogP contribution in [0.1, 0.15) is 0 Å². The lowest BCUT2D eigenvalue weighted by atomic mass is 9.44. The van der Waals surface area contributed by atoms with Gasteiger partial charge in [0.15, 0.2) is 0 Å². The van der Waals surface area contributed by atoms with Crippen molar-refractivity contribution in [1.29, 1.82) is 0 Å². The molecule has 0 saturated carbocycles. The number of thiophene rings is 1.